The van der Waals surface area contributed by atoms with E-state index in [4.69, 9.17) is 14.9 Å². The van der Waals surface area contributed by atoms with Crippen molar-refractivity contribution >= 4 is 39.8 Å². The molecule has 164 valence electrons. The number of rotatable bonds is 6. The van der Waals surface area contributed by atoms with Crippen molar-refractivity contribution in [1.29, 1.82) is 5.41 Å². The number of hydrazone groups is 1. The number of carbonyl (C=O) groups is 1. The number of thioether (sulfide) groups is 1. The van der Waals surface area contributed by atoms with Crippen LogP contribution in [0.25, 0.3) is 6.08 Å². The van der Waals surface area contributed by atoms with Gasteiger partial charge in [0.1, 0.15) is 17.5 Å². The number of benzene rings is 2. The minimum atomic E-state index is -0.493. The van der Waals surface area contributed by atoms with Crippen LogP contribution in [0.2, 0.25) is 0 Å². The van der Waals surface area contributed by atoms with Crippen molar-refractivity contribution in [2.45, 2.75) is 20.5 Å². The zero-order valence-corrected chi connectivity index (χ0v) is 18.6. The maximum atomic E-state index is 13.8. The van der Waals surface area contributed by atoms with Gasteiger partial charge in [0, 0.05) is 11.5 Å². The molecule has 1 N–H and O–H groups in total. The fraction of sp³-hybridized carbons (Fsp3) is 0.217. The number of carbonyl (C=O) groups excluding carboxylic acids is 1. The van der Waals surface area contributed by atoms with Gasteiger partial charge in [0.05, 0.1) is 12.7 Å². The van der Waals surface area contributed by atoms with Crippen LogP contribution in [-0.4, -0.2) is 34.1 Å². The number of fused-ring (bicyclic) bond motifs is 1. The number of halogens is 1. The van der Waals surface area contributed by atoms with Gasteiger partial charge < -0.3 is 9.47 Å². The molecule has 0 bridgehead atoms. The van der Waals surface area contributed by atoms with E-state index in [1.165, 1.54) is 29.9 Å². The number of amides is 1. The SMILES string of the molecule is COc1cc(/C=C2/C(=N)N3N=C(C(C)C)SC3=NC2=O)ccc1OCc1ccccc1F. The highest BCUT2D eigenvalue weighted by Crippen LogP contribution is 2.33. The first-order valence-electron chi connectivity index (χ1n) is 9.91. The lowest BCUT2D eigenvalue weighted by molar-refractivity contribution is -0.114. The van der Waals surface area contributed by atoms with Crippen LogP contribution in [0, 0.1) is 17.1 Å². The van der Waals surface area contributed by atoms with E-state index in [-0.39, 0.29) is 29.8 Å². The Morgan fingerprint density at radius 2 is 2.00 bits per heavy atom. The van der Waals surface area contributed by atoms with E-state index in [9.17, 15) is 9.18 Å². The lowest BCUT2D eigenvalue weighted by Crippen LogP contribution is -2.35. The standard InChI is InChI=1S/C23H21FN4O3S/c1-13(2)22-27-28-20(25)16(21(29)26-23(28)32-22)10-14-8-9-18(19(11-14)30-3)31-12-15-6-4-5-7-17(15)24/h4-11,13,25H,12H2,1-3H3/b16-10-,25-20?. The number of hydrogen-bond acceptors (Lipinski definition) is 6. The zero-order valence-electron chi connectivity index (χ0n) is 17.8. The van der Waals surface area contributed by atoms with Crippen LogP contribution >= 0.6 is 11.8 Å². The number of hydrogen-bond donors (Lipinski definition) is 1. The Hall–Kier alpha value is -3.46. The van der Waals surface area contributed by atoms with Crippen LogP contribution in [0.5, 0.6) is 11.5 Å². The first-order valence-corrected chi connectivity index (χ1v) is 10.7. The van der Waals surface area contributed by atoms with Crippen molar-refractivity contribution in [3.8, 4) is 11.5 Å². The highest BCUT2D eigenvalue weighted by molar-refractivity contribution is 8.27. The van der Waals surface area contributed by atoms with Gasteiger partial charge in [-0.25, -0.2) is 4.39 Å². The molecule has 1 amide bonds. The molecular formula is C23H21FN4O3S. The Morgan fingerprint density at radius 1 is 1.22 bits per heavy atom. The van der Waals surface area contributed by atoms with Gasteiger partial charge in [-0.05, 0) is 41.6 Å². The topological polar surface area (TPSA) is 87.3 Å². The number of nitrogens with one attached hydrogen (secondary N) is 1. The van der Waals surface area contributed by atoms with Gasteiger partial charge in [-0.2, -0.15) is 15.1 Å². The summed E-state index contributed by atoms with van der Waals surface area (Å²) >= 11 is 1.30. The van der Waals surface area contributed by atoms with Crippen molar-refractivity contribution in [2.24, 2.45) is 16.0 Å². The molecule has 0 atom stereocenters. The summed E-state index contributed by atoms with van der Waals surface area (Å²) in [5, 5.41) is 15.5. The van der Waals surface area contributed by atoms with Gasteiger partial charge in [0.15, 0.2) is 17.3 Å². The van der Waals surface area contributed by atoms with Gasteiger partial charge in [-0.1, -0.05) is 38.1 Å². The lowest BCUT2D eigenvalue weighted by atomic mass is 10.1. The molecule has 2 aliphatic rings. The molecule has 0 unspecified atom stereocenters. The van der Waals surface area contributed by atoms with Crippen LogP contribution in [0.4, 0.5) is 4.39 Å². The predicted octanol–water partition coefficient (Wildman–Crippen LogP) is 4.69. The number of aliphatic imine (C=N–C) groups is 1. The van der Waals surface area contributed by atoms with Crippen molar-refractivity contribution in [1.82, 2.24) is 5.01 Å². The van der Waals surface area contributed by atoms with Gasteiger partial charge in [-0.3, -0.25) is 10.2 Å². The van der Waals surface area contributed by atoms with Crippen molar-refractivity contribution in [3.63, 3.8) is 0 Å². The Morgan fingerprint density at radius 3 is 2.72 bits per heavy atom. The van der Waals surface area contributed by atoms with Crippen molar-refractivity contribution < 1.29 is 18.7 Å². The number of nitrogens with zero attached hydrogens (tertiary/aromatic N) is 3. The molecular weight excluding hydrogens is 431 g/mol. The minimum absolute atomic E-state index is 0.0259. The van der Waals surface area contributed by atoms with Gasteiger partial charge in [0.2, 0.25) is 5.17 Å². The monoisotopic (exact) mass is 452 g/mol. The molecule has 2 aliphatic heterocycles. The molecule has 0 saturated carbocycles. The summed E-state index contributed by atoms with van der Waals surface area (Å²) in [6.45, 7) is 4.04. The second-order valence-corrected chi connectivity index (χ2v) is 8.39. The number of methoxy groups -OCH3 is 1. The molecule has 7 nitrogen and oxygen atoms in total. The fourth-order valence-electron chi connectivity index (χ4n) is 3.07. The van der Waals surface area contributed by atoms with Gasteiger partial charge in [-0.15, -0.1) is 0 Å². The predicted molar refractivity (Wildman–Crippen MR) is 124 cm³/mol. The largest absolute Gasteiger partial charge is 0.493 e. The molecule has 0 spiro atoms. The van der Waals surface area contributed by atoms with Crippen molar-refractivity contribution in [2.75, 3.05) is 7.11 Å². The van der Waals surface area contributed by atoms with Crippen LogP contribution in [0.3, 0.4) is 0 Å². The Bertz CT molecular complexity index is 1190. The summed E-state index contributed by atoms with van der Waals surface area (Å²) in [7, 11) is 1.50. The summed E-state index contributed by atoms with van der Waals surface area (Å²) in [5.41, 5.74) is 1.19. The average molecular weight is 453 g/mol. The van der Waals surface area contributed by atoms with E-state index in [1.54, 1.807) is 42.5 Å². The van der Waals surface area contributed by atoms with Crippen LogP contribution < -0.4 is 9.47 Å². The van der Waals surface area contributed by atoms with Crippen LogP contribution in [0.15, 0.2) is 58.1 Å². The fourth-order valence-corrected chi connectivity index (χ4v) is 3.96. The van der Waals surface area contributed by atoms with E-state index in [1.807, 2.05) is 13.8 Å². The molecule has 0 aromatic heterocycles. The first-order chi connectivity index (χ1) is 15.4. The normalized spacial score (nSPS) is 16.9. The molecule has 2 aromatic rings. The number of amidine groups is 2. The van der Waals surface area contributed by atoms with Crippen LogP contribution in [0.1, 0.15) is 25.0 Å². The molecule has 32 heavy (non-hydrogen) atoms. The molecule has 0 fully saturated rings. The van der Waals surface area contributed by atoms with E-state index in [2.05, 4.69) is 10.1 Å². The summed E-state index contributed by atoms with van der Waals surface area (Å²) in [6.07, 6.45) is 1.57. The van der Waals surface area contributed by atoms with Gasteiger partial charge >= 0.3 is 0 Å². The lowest BCUT2D eigenvalue weighted by Gasteiger charge is -2.20. The summed E-state index contributed by atoms with van der Waals surface area (Å²) < 4.78 is 25.0. The third-order valence-electron chi connectivity index (χ3n) is 4.80. The summed E-state index contributed by atoms with van der Waals surface area (Å²) in [4.78, 5) is 16.6. The average Bonchev–Trinajstić information content (AvgIpc) is 3.21. The maximum Gasteiger partial charge on any atom is 0.283 e. The smallest absolute Gasteiger partial charge is 0.283 e. The van der Waals surface area contributed by atoms with Gasteiger partial charge in [0.25, 0.3) is 5.91 Å². The molecule has 0 aliphatic carbocycles. The summed E-state index contributed by atoms with van der Waals surface area (Å²) in [5.74, 6) is 0.168. The zero-order chi connectivity index (χ0) is 22.8. The maximum absolute atomic E-state index is 13.8. The van der Waals surface area contributed by atoms with E-state index in [0.29, 0.717) is 27.8 Å². The molecule has 2 aromatic carbocycles. The quantitative estimate of drug-likeness (QED) is 0.643. The molecule has 0 saturated heterocycles. The molecule has 4 rings (SSSR count). The van der Waals surface area contributed by atoms with Crippen molar-refractivity contribution in [3.05, 3.63) is 65.0 Å². The third kappa shape index (κ3) is 4.29. The highest BCUT2D eigenvalue weighted by Gasteiger charge is 2.36. The van der Waals surface area contributed by atoms with Crippen LogP contribution in [-0.2, 0) is 11.4 Å². The van der Waals surface area contributed by atoms with E-state index < -0.39 is 5.91 Å². The second kappa shape index (κ2) is 8.96. The minimum Gasteiger partial charge on any atom is -0.493 e. The third-order valence-corrected chi connectivity index (χ3v) is 6.01. The highest BCUT2D eigenvalue weighted by atomic mass is 32.2. The molecule has 9 heteroatoms. The van der Waals surface area contributed by atoms with E-state index >= 15 is 0 Å². The summed E-state index contributed by atoms with van der Waals surface area (Å²) in [6, 6.07) is 11.5. The Labute approximate surface area is 189 Å². The second-order valence-electron chi connectivity index (χ2n) is 7.40. The molecule has 2 heterocycles. The Balaban J connectivity index is 1.57. The molecule has 0 radical (unpaired) electrons. The van der Waals surface area contributed by atoms with E-state index in [0.717, 1.165) is 5.04 Å². The Kier molecular flexibility index (Phi) is 6.09. The first kappa shape index (κ1) is 21.8. The number of ether oxygens (including phenoxy) is 2.